The number of fused-ring (bicyclic) bond motifs is 3. The van der Waals surface area contributed by atoms with Crippen molar-refractivity contribution < 1.29 is 9.18 Å². The average molecular weight is 526 g/mol. The summed E-state index contributed by atoms with van der Waals surface area (Å²) in [5.74, 6) is 0.356. The van der Waals surface area contributed by atoms with E-state index in [1.54, 1.807) is 4.90 Å². The number of nitrogens with one attached hydrogen (secondary N) is 1. The highest BCUT2D eigenvalue weighted by atomic mass is 35.5. The van der Waals surface area contributed by atoms with Gasteiger partial charge in [0.25, 0.3) is 0 Å². The van der Waals surface area contributed by atoms with E-state index in [0.29, 0.717) is 12.2 Å². The minimum absolute atomic E-state index is 0.0509. The smallest absolute Gasteiger partial charge is 0.308 e. The molecule has 1 aliphatic heterocycles. The second kappa shape index (κ2) is 9.50. The number of anilines is 1. The van der Waals surface area contributed by atoms with E-state index in [4.69, 9.17) is 16.7 Å². The number of hydrogen-bond donors (Lipinski definition) is 1. The predicted molar refractivity (Wildman–Crippen MR) is 147 cm³/mol. The molecular weight excluding hydrogens is 501 g/mol. The van der Waals surface area contributed by atoms with Gasteiger partial charge in [-0.2, -0.15) is 5.10 Å². The van der Waals surface area contributed by atoms with Crippen LogP contribution < -0.4 is 5.32 Å². The molecule has 0 spiro atoms. The normalized spacial score (nSPS) is 14.5. The first-order chi connectivity index (χ1) is 18.4. The lowest BCUT2D eigenvalue weighted by molar-refractivity contribution is 0.194. The summed E-state index contributed by atoms with van der Waals surface area (Å²) in [7, 11) is 0. The Morgan fingerprint density at radius 2 is 1.82 bits per heavy atom. The summed E-state index contributed by atoms with van der Waals surface area (Å²) in [4.78, 5) is 15.8. The zero-order valence-electron chi connectivity index (χ0n) is 20.9. The van der Waals surface area contributed by atoms with Crippen LogP contribution in [0.1, 0.15) is 34.1 Å². The Labute approximate surface area is 224 Å². The molecule has 0 saturated heterocycles. The third-order valence-corrected chi connectivity index (χ3v) is 7.17. The third kappa shape index (κ3) is 4.15. The van der Waals surface area contributed by atoms with Gasteiger partial charge in [-0.3, -0.25) is 0 Å². The number of benzene rings is 3. The molecule has 2 amide bonds. The quantitative estimate of drug-likeness (QED) is 0.270. The number of amides is 2. The Balaban J connectivity index is 1.53. The Hall–Kier alpha value is -4.36. The predicted octanol–water partition coefficient (Wildman–Crippen LogP) is 7.21. The molecule has 1 aliphatic rings. The van der Waals surface area contributed by atoms with E-state index in [1.165, 1.54) is 18.2 Å². The summed E-state index contributed by atoms with van der Waals surface area (Å²) in [6.45, 7) is 4.32. The van der Waals surface area contributed by atoms with Crippen molar-refractivity contribution in [2.75, 3.05) is 5.32 Å². The first kappa shape index (κ1) is 24.0. The lowest BCUT2D eigenvalue weighted by Crippen LogP contribution is -2.38. The van der Waals surface area contributed by atoms with Crippen molar-refractivity contribution in [3.05, 3.63) is 130 Å². The lowest BCUT2D eigenvalue weighted by atomic mass is 10.00. The van der Waals surface area contributed by atoms with Gasteiger partial charge in [-0.1, -0.05) is 59.6 Å². The first-order valence-electron chi connectivity index (χ1n) is 12.3. The summed E-state index contributed by atoms with van der Waals surface area (Å²) in [6, 6.07) is 25.6. The maximum atomic E-state index is 14.0. The largest absolute Gasteiger partial charge is 0.322 e. The van der Waals surface area contributed by atoms with Gasteiger partial charge in [-0.15, -0.1) is 0 Å². The average Bonchev–Trinajstić information content (AvgIpc) is 3.47. The number of carbonyl (C=O) groups is 1. The Kier molecular flexibility index (Phi) is 6.00. The highest BCUT2D eigenvalue weighted by molar-refractivity contribution is 6.31. The SMILES string of the molecule is Cc1cccc(C2c3cccn3-c3c(c(C)nn3-c3ccccc3)CN2C(=O)Nc2ccc(F)c(Cl)c2)c1. The summed E-state index contributed by atoms with van der Waals surface area (Å²) in [6.07, 6.45) is 2.01. The number of para-hydroxylation sites is 1. The molecule has 2 aromatic heterocycles. The van der Waals surface area contributed by atoms with Gasteiger partial charge in [0.05, 0.1) is 34.7 Å². The van der Waals surface area contributed by atoms with Crippen molar-refractivity contribution in [2.24, 2.45) is 0 Å². The molecular formula is C30H25ClFN5O. The van der Waals surface area contributed by atoms with Crippen LogP contribution >= 0.6 is 11.6 Å². The van der Waals surface area contributed by atoms with Gasteiger partial charge < -0.3 is 14.8 Å². The van der Waals surface area contributed by atoms with Crippen LogP contribution in [-0.4, -0.2) is 25.3 Å². The van der Waals surface area contributed by atoms with Gasteiger partial charge in [-0.05, 0) is 61.9 Å². The second-order valence-electron chi connectivity index (χ2n) is 9.44. The molecule has 8 heteroatoms. The van der Waals surface area contributed by atoms with Crippen molar-refractivity contribution >= 4 is 23.3 Å². The molecule has 1 N–H and O–H groups in total. The lowest BCUT2D eigenvalue weighted by Gasteiger charge is -2.31. The van der Waals surface area contributed by atoms with Gasteiger partial charge in [0, 0.05) is 17.4 Å². The number of halogens is 2. The van der Waals surface area contributed by atoms with E-state index in [1.807, 2.05) is 85.4 Å². The molecule has 190 valence electrons. The molecule has 0 radical (unpaired) electrons. The van der Waals surface area contributed by atoms with E-state index in [-0.39, 0.29) is 11.1 Å². The summed E-state index contributed by atoms with van der Waals surface area (Å²) in [5.41, 5.74) is 6.13. The number of aromatic nitrogens is 3. The van der Waals surface area contributed by atoms with Crippen molar-refractivity contribution in [2.45, 2.75) is 26.4 Å². The van der Waals surface area contributed by atoms with Crippen LogP contribution in [0, 0.1) is 19.7 Å². The minimum atomic E-state index is -0.538. The number of aryl methyl sites for hydroxylation is 2. The molecule has 0 aliphatic carbocycles. The summed E-state index contributed by atoms with van der Waals surface area (Å²) >= 11 is 6.00. The van der Waals surface area contributed by atoms with Gasteiger partial charge in [0.15, 0.2) is 0 Å². The highest BCUT2D eigenvalue weighted by Crippen LogP contribution is 2.39. The topological polar surface area (TPSA) is 55.1 Å². The van der Waals surface area contributed by atoms with Gasteiger partial charge >= 0.3 is 6.03 Å². The number of rotatable bonds is 3. The fraction of sp³-hybridized carbons (Fsp3) is 0.133. The van der Waals surface area contributed by atoms with Crippen LogP contribution in [0.4, 0.5) is 14.9 Å². The van der Waals surface area contributed by atoms with Crippen LogP contribution in [0.2, 0.25) is 5.02 Å². The molecule has 3 heterocycles. The minimum Gasteiger partial charge on any atom is -0.308 e. The van der Waals surface area contributed by atoms with Crippen LogP contribution in [-0.2, 0) is 6.54 Å². The fourth-order valence-electron chi connectivity index (χ4n) is 5.11. The Bertz CT molecular complexity index is 1660. The third-order valence-electron chi connectivity index (χ3n) is 6.88. The van der Waals surface area contributed by atoms with Crippen molar-refractivity contribution in [3.8, 4) is 11.5 Å². The second-order valence-corrected chi connectivity index (χ2v) is 9.85. The van der Waals surface area contributed by atoms with E-state index in [2.05, 4.69) is 16.0 Å². The molecule has 1 atom stereocenters. The molecule has 0 bridgehead atoms. The molecule has 6 nitrogen and oxygen atoms in total. The highest BCUT2D eigenvalue weighted by Gasteiger charge is 2.36. The van der Waals surface area contributed by atoms with Crippen LogP contribution in [0.5, 0.6) is 0 Å². The number of nitrogens with zero attached hydrogens (tertiary/aromatic N) is 4. The van der Waals surface area contributed by atoms with Crippen LogP contribution in [0.3, 0.4) is 0 Å². The Morgan fingerprint density at radius 1 is 1.00 bits per heavy atom. The molecule has 5 aromatic rings. The standard InChI is InChI=1S/C30H25ClFN5O/c1-19-8-6-9-21(16-19)28-27-12-7-15-35(27)29-24(20(2)34-37(29)23-10-4-3-5-11-23)18-36(28)30(38)33-22-13-14-26(32)25(31)17-22/h3-17,28H,18H2,1-2H3,(H,33,38). The molecule has 38 heavy (non-hydrogen) atoms. The van der Waals surface area contributed by atoms with E-state index < -0.39 is 11.9 Å². The Morgan fingerprint density at radius 3 is 2.58 bits per heavy atom. The fourth-order valence-corrected chi connectivity index (χ4v) is 5.29. The maximum absolute atomic E-state index is 14.0. The molecule has 0 saturated carbocycles. The van der Waals surface area contributed by atoms with E-state index in [0.717, 1.165) is 39.6 Å². The zero-order valence-corrected chi connectivity index (χ0v) is 21.7. The van der Waals surface area contributed by atoms with Crippen molar-refractivity contribution in [1.29, 1.82) is 0 Å². The van der Waals surface area contributed by atoms with E-state index >= 15 is 0 Å². The van der Waals surface area contributed by atoms with Gasteiger partial charge in [-0.25, -0.2) is 13.9 Å². The summed E-state index contributed by atoms with van der Waals surface area (Å²) < 4.78 is 17.8. The number of urea groups is 1. The van der Waals surface area contributed by atoms with Gasteiger partial charge in [0.2, 0.25) is 0 Å². The molecule has 6 rings (SSSR count). The zero-order chi connectivity index (χ0) is 26.4. The van der Waals surface area contributed by atoms with Crippen molar-refractivity contribution in [3.63, 3.8) is 0 Å². The first-order valence-corrected chi connectivity index (χ1v) is 12.7. The monoisotopic (exact) mass is 525 g/mol. The van der Waals surface area contributed by atoms with Crippen LogP contribution in [0.25, 0.3) is 11.5 Å². The van der Waals surface area contributed by atoms with Crippen molar-refractivity contribution in [1.82, 2.24) is 19.2 Å². The number of hydrogen-bond acceptors (Lipinski definition) is 2. The summed E-state index contributed by atoms with van der Waals surface area (Å²) in [5, 5.41) is 7.75. The van der Waals surface area contributed by atoms with Gasteiger partial charge in [0.1, 0.15) is 11.6 Å². The molecule has 1 unspecified atom stereocenters. The maximum Gasteiger partial charge on any atom is 0.322 e. The van der Waals surface area contributed by atoms with Crippen LogP contribution in [0.15, 0.2) is 91.1 Å². The molecule has 0 fully saturated rings. The molecule has 3 aromatic carbocycles. The van der Waals surface area contributed by atoms with E-state index in [9.17, 15) is 9.18 Å². The number of carbonyl (C=O) groups excluding carboxylic acids is 1.